The van der Waals surface area contributed by atoms with Gasteiger partial charge in [-0.1, -0.05) is 13.8 Å². The van der Waals surface area contributed by atoms with Gasteiger partial charge in [-0.3, -0.25) is 5.32 Å². The van der Waals surface area contributed by atoms with Gasteiger partial charge in [0.15, 0.2) is 0 Å². The van der Waals surface area contributed by atoms with Crippen molar-refractivity contribution in [2.24, 2.45) is 5.92 Å². The van der Waals surface area contributed by atoms with Crippen molar-refractivity contribution in [3.8, 4) is 0 Å². The van der Waals surface area contributed by atoms with E-state index in [2.05, 4.69) is 19.2 Å². The minimum atomic E-state index is 0. The molecule has 3 heteroatoms. The Bertz CT molecular complexity index is 81.7. The van der Waals surface area contributed by atoms with Gasteiger partial charge in [0.2, 0.25) is 0 Å². The highest BCUT2D eigenvalue weighted by Gasteiger charge is 2.14. The van der Waals surface area contributed by atoms with Crippen molar-refractivity contribution >= 4 is 12.4 Å². The van der Waals surface area contributed by atoms with E-state index >= 15 is 0 Å². The molecule has 62 valence electrons. The molecule has 0 amide bonds. The lowest BCUT2D eigenvalue weighted by molar-refractivity contribution is 0.0839. The van der Waals surface area contributed by atoms with Crippen LogP contribution in [-0.4, -0.2) is 19.4 Å². The number of hydrogen-bond acceptors (Lipinski definition) is 2. The predicted octanol–water partition coefficient (Wildman–Crippen LogP) is 1.40. The summed E-state index contributed by atoms with van der Waals surface area (Å²) in [5.41, 5.74) is 0. The van der Waals surface area contributed by atoms with Crippen LogP contribution in [0.1, 0.15) is 20.3 Å². The molecule has 0 aromatic heterocycles. The molecule has 0 aromatic carbocycles. The molecule has 0 saturated carbocycles. The van der Waals surface area contributed by atoms with Crippen LogP contribution in [0.5, 0.6) is 0 Å². The SMILES string of the molecule is CC(C)CC1NCCO1.Cl. The molecule has 1 aliphatic heterocycles. The number of rotatable bonds is 2. The van der Waals surface area contributed by atoms with Gasteiger partial charge in [-0.2, -0.15) is 0 Å². The first-order valence-corrected chi connectivity index (χ1v) is 3.64. The van der Waals surface area contributed by atoms with Crippen LogP contribution in [-0.2, 0) is 4.74 Å². The highest BCUT2D eigenvalue weighted by atomic mass is 35.5. The van der Waals surface area contributed by atoms with E-state index in [0.29, 0.717) is 6.23 Å². The standard InChI is InChI=1S/C7H15NO.ClH/c1-6(2)5-7-8-3-4-9-7;/h6-8H,3-5H2,1-2H3;1H. The first-order valence-electron chi connectivity index (χ1n) is 3.64. The van der Waals surface area contributed by atoms with Crippen LogP contribution >= 0.6 is 12.4 Å². The molecule has 0 aliphatic carbocycles. The van der Waals surface area contributed by atoms with Crippen molar-refractivity contribution in [3.05, 3.63) is 0 Å². The van der Waals surface area contributed by atoms with Gasteiger partial charge in [0, 0.05) is 6.54 Å². The van der Waals surface area contributed by atoms with Gasteiger partial charge in [0.1, 0.15) is 6.23 Å². The van der Waals surface area contributed by atoms with Gasteiger partial charge in [0.25, 0.3) is 0 Å². The monoisotopic (exact) mass is 165 g/mol. The van der Waals surface area contributed by atoms with Crippen molar-refractivity contribution in [1.29, 1.82) is 0 Å². The van der Waals surface area contributed by atoms with Crippen LogP contribution in [0.2, 0.25) is 0 Å². The number of ether oxygens (including phenoxy) is 1. The molecule has 1 heterocycles. The smallest absolute Gasteiger partial charge is 0.108 e. The van der Waals surface area contributed by atoms with E-state index in [1.807, 2.05) is 0 Å². The molecule has 10 heavy (non-hydrogen) atoms. The average Bonchev–Trinajstić information content (AvgIpc) is 2.15. The van der Waals surface area contributed by atoms with E-state index in [1.165, 1.54) is 0 Å². The van der Waals surface area contributed by atoms with Crippen molar-refractivity contribution in [2.45, 2.75) is 26.5 Å². The van der Waals surface area contributed by atoms with Crippen LogP contribution in [0.25, 0.3) is 0 Å². The molecule has 0 spiro atoms. The first kappa shape index (κ1) is 10.2. The van der Waals surface area contributed by atoms with Crippen molar-refractivity contribution in [2.75, 3.05) is 13.2 Å². The highest BCUT2D eigenvalue weighted by molar-refractivity contribution is 5.85. The average molecular weight is 166 g/mol. The quantitative estimate of drug-likeness (QED) is 0.668. The zero-order valence-corrected chi connectivity index (χ0v) is 7.41. The van der Waals surface area contributed by atoms with Crippen LogP contribution in [0.15, 0.2) is 0 Å². The van der Waals surface area contributed by atoms with Crippen LogP contribution in [0, 0.1) is 5.92 Å². The summed E-state index contributed by atoms with van der Waals surface area (Å²) >= 11 is 0. The zero-order chi connectivity index (χ0) is 6.69. The first-order chi connectivity index (χ1) is 4.29. The Morgan fingerprint density at radius 3 is 2.70 bits per heavy atom. The van der Waals surface area contributed by atoms with E-state index in [1.54, 1.807) is 0 Å². The van der Waals surface area contributed by atoms with Crippen LogP contribution in [0.3, 0.4) is 0 Å². The zero-order valence-electron chi connectivity index (χ0n) is 6.59. The van der Waals surface area contributed by atoms with E-state index in [9.17, 15) is 0 Å². The summed E-state index contributed by atoms with van der Waals surface area (Å²) in [6.07, 6.45) is 1.48. The summed E-state index contributed by atoms with van der Waals surface area (Å²) < 4.78 is 5.35. The molecule has 0 aromatic rings. The summed E-state index contributed by atoms with van der Waals surface area (Å²) in [4.78, 5) is 0. The molecule has 1 N–H and O–H groups in total. The van der Waals surface area contributed by atoms with Crippen LogP contribution in [0.4, 0.5) is 0 Å². The third kappa shape index (κ3) is 3.40. The number of nitrogens with one attached hydrogen (secondary N) is 1. The van der Waals surface area contributed by atoms with Crippen molar-refractivity contribution < 1.29 is 4.74 Å². The maximum absolute atomic E-state index is 5.35. The molecular formula is C7H16ClNO. The Labute approximate surface area is 68.7 Å². The Hall–Kier alpha value is 0.210. The maximum atomic E-state index is 5.35. The van der Waals surface area contributed by atoms with E-state index in [-0.39, 0.29) is 12.4 Å². The lowest BCUT2D eigenvalue weighted by Crippen LogP contribution is -2.23. The molecule has 0 bridgehead atoms. The predicted molar refractivity (Wildman–Crippen MR) is 44.4 cm³/mol. The topological polar surface area (TPSA) is 21.3 Å². The molecule has 2 nitrogen and oxygen atoms in total. The lowest BCUT2D eigenvalue weighted by Gasteiger charge is -2.11. The fourth-order valence-electron chi connectivity index (χ4n) is 1.06. The Kier molecular flexibility index (Phi) is 5.04. The molecule has 1 fully saturated rings. The molecule has 0 radical (unpaired) electrons. The van der Waals surface area contributed by atoms with E-state index in [0.717, 1.165) is 25.5 Å². The molecule has 1 saturated heterocycles. The second-order valence-electron chi connectivity index (χ2n) is 2.94. The Balaban J connectivity index is 0.000000810. The van der Waals surface area contributed by atoms with E-state index in [4.69, 9.17) is 4.74 Å². The minimum Gasteiger partial charge on any atom is -0.362 e. The third-order valence-electron chi connectivity index (χ3n) is 1.48. The largest absolute Gasteiger partial charge is 0.362 e. The second-order valence-corrected chi connectivity index (χ2v) is 2.94. The number of halogens is 1. The minimum absolute atomic E-state index is 0. The number of hydrogen-bond donors (Lipinski definition) is 1. The van der Waals surface area contributed by atoms with Crippen molar-refractivity contribution in [1.82, 2.24) is 5.32 Å². The summed E-state index contributed by atoms with van der Waals surface area (Å²) in [7, 11) is 0. The molecule has 1 aliphatic rings. The molecular weight excluding hydrogens is 150 g/mol. The third-order valence-corrected chi connectivity index (χ3v) is 1.48. The van der Waals surface area contributed by atoms with Gasteiger partial charge < -0.3 is 4.74 Å². The summed E-state index contributed by atoms with van der Waals surface area (Å²) in [5.74, 6) is 0.737. The fraction of sp³-hybridized carbons (Fsp3) is 1.00. The summed E-state index contributed by atoms with van der Waals surface area (Å²) in [5, 5.41) is 3.27. The molecule has 1 rings (SSSR count). The summed E-state index contributed by atoms with van der Waals surface area (Å²) in [6.45, 7) is 6.33. The van der Waals surface area contributed by atoms with E-state index < -0.39 is 0 Å². The molecule has 1 unspecified atom stereocenters. The van der Waals surface area contributed by atoms with Gasteiger partial charge in [0.05, 0.1) is 6.61 Å². The Morgan fingerprint density at radius 1 is 1.60 bits per heavy atom. The highest BCUT2D eigenvalue weighted by Crippen LogP contribution is 2.08. The Morgan fingerprint density at radius 2 is 2.30 bits per heavy atom. The van der Waals surface area contributed by atoms with Gasteiger partial charge in [-0.25, -0.2) is 0 Å². The maximum Gasteiger partial charge on any atom is 0.108 e. The van der Waals surface area contributed by atoms with Crippen molar-refractivity contribution in [3.63, 3.8) is 0 Å². The van der Waals surface area contributed by atoms with Gasteiger partial charge >= 0.3 is 0 Å². The van der Waals surface area contributed by atoms with Gasteiger partial charge in [-0.15, -0.1) is 12.4 Å². The van der Waals surface area contributed by atoms with Crippen LogP contribution < -0.4 is 5.32 Å². The second kappa shape index (κ2) is 4.94. The molecule has 1 atom stereocenters. The van der Waals surface area contributed by atoms with Gasteiger partial charge in [-0.05, 0) is 12.3 Å². The fourth-order valence-corrected chi connectivity index (χ4v) is 1.06. The summed E-state index contributed by atoms with van der Waals surface area (Å²) in [6, 6.07) is 0. The lowest BCUT2D eigenvalue weighted by atomic mass is 10.1. The normalized spacial score (nSPS) is 24.9.